The number of halogens is 1. The molecule has 2 aromatic rings. The van der Waals surface area contributed by atoms with Crippen LogP contribution in [-0.4, -0.2) is 7.11 Å². The quantitative estimate of drug-likeness (QED) is 0.903. The van der Waals surface area contributed by atoms with Gasteiger partial charge in [0.05, 0.1) is 7.11 Å². The topological polar surface area (TPSA) is 25.8 Å². The lowest BCUT2D eigenvalue weighted by atomic mass is 10.2. The number of rotatable bonds is 5. The lowest BCUT2D eigenvalue weighted by Crippen LogP contribution is -2.80. The SMILES string of the molecule is COc1ccccc1C[NH2+]Cc1ccccc1Br. The molecule has 0 saturated carbocycles. The molecule has 0 aliphatic heterocycles. The van der Waals surface area contributed by atoms with Crippen LogP contribution in [0.4, 0.5) is 0 Å². The highest BCUT2D eigenvalue weighted by molar-refractivity contribution is 9.10. The summed E-state index contributed by atoms with van der Waals surface area (Å²) in [4.78, 5) is 0. The Bertz CT molecular complexity index is 513. The van der Waals surface area contributed by atoms with E-state index in [1.165, 1.54) is 15.6 Å². The second kappa shape index (κ2) is 6.57. The lowest BCUT2D eigenvalue weighted by Gasteiger charge is -2.08. The van der Waals surface area contributed by atoms with Crippen molar-refractivity contribution >= 4 is 15.9 Å². The summed E-state index contributed by atoms with van der Waals surface area (Å²) in [5.41, 5.74) is 2.54. The first kappa shape index (κ1) is 13.1. The summed E-state index contributed by atoms with van der Waals surface area (Å²) in [7, 11) is 1.71. The Hall–Kier alpha value is -1.32. The fourth-order valence-corrected chi connectivity index (χ4v) is 2.37. The maximum Gasteiger partial charge on any atom is 0.127 e. The van der Waals surface area contributed by atoms with E-state index in [1.807, 2.05) is 24.3 Å². The number of methoxy groups -OCH3 is 1. The normalized spacial score (nSPS) is 10.3. The molecule has 0 aliphatic carbocycles. The minimum Gasteiger partial charge on any atom is -0.496 e. The maximum atomic E-state index is 5.34. The second-order valence-corrected chi connectivity index (χ2v) is 4.95. The van der Waals surface area contributed by atoms with Crippen LogP contribution in [0.15, 0.2) is 53.0 Å². The van der Waals surface area contributed by atoms with Crippen molar-refractivity contribution in [1.82, 2.24) is 0 Å². The highest BCUT2D eigenvalue weighted by atomic mass is 79.9. The van der Waals surface area contributed by atoms with Crippen LogP contribution < -0.4 is 10.1 Å². The predicted molar refractivity (Wildman–Crippen MR) is 76.5 cm³/mol. The number of benzene rings is 2. The van der Waals surface area contributed by atoms with E-state index in [-0.39, 0.29) is 0 Å². The number of hydrogen-bond donors (Lipinski definition) is 1. The van der Waals surface area contributed by atoms with Gasteiger partial charge in [-0.15, -0.1) is 0 Å². The van der Waals surface area contributed by atoms with Gasteiger partial charge in [-0.05, 0) is 18.2 Å². The van der Waals surface area contributed by atoms with Gasteiger partial charge in [0.2, 0.25) is 0 Å². The van der Waals surface area contributed by atoms with Gasteiger partial charge >= 0.3 is 0 Å². The molecule has 94 valence electrons. The summed E-state index contributed by atoms with van der Waals surface area (Å²) in [6.45, 7) is 1.88. The number of para-hydroxylation sites is 1. The predicted octanol–water partition coefficient (Wildman–Crippen LogP) is 2.72. The Labute approximate surface area is 116 Å². The minimum absolute atomic E-state index is 0.922. The van der Waals surface area contributed by atoms with Crippen molar-refractivity contribution in [2.45, 2.75) is 13.1 Å². The zero-order chi connectivity index (χ0) is 12.8. The van der Waals surface area contributed by atoms with E-state index in [2.05, 4.69) is 45.5 Å². The molecule has 2 aromatic carbocycles. The van der Waals surface area contributed by atoms with Crippen molar-refractivity contribution in [3.05, 3.63) is 64.1 Å². The van der Waals surface area contributed by atoms with E-state index in [4.69, 9.17) is 4.74 Å². The maximum absolute atomic E-state index is 5.34. The lowest BCUT2D eigenvalue weighted by molar-refractivity contribution is -0.686. The molecule has 2 rings (SSSR count). The number of ether oxygens (including phenoxy) is 1. The summed E-state index contributed by atoms with van der Waals surface area (Å²) in [5, 5.41) is 2.28. The first-order valence-electron chi connectivity index (χ1n) is 5.98. The van der Waals surface area contributed by atoms with Gasteiger partial charge in [-0.3, -0.25) is 0 Å². The molecule has 2 nitrogen and oxygen atoms in total. The van der Waals surface area contributed by atoms with Gasteiger partial charge in [-0.25, -0.2) is 0 Å². The standard InChI is InChI=1S/C15H16BrNO/c1-18-15-9-5-3-7-13(15)11-17-10-12-6-2-4-8-14(12)16/h2-9,17H,10-11H2,1H3/p+1. The monoisotopic (exact) mass is 306 g/mol. The van der Waals surface area contributed by atoms with Crippen LogP contribution in [-0.2, 0) is 13.1 Å². The fraction of sp³-hybridized carbons (Fsp3) is 0.200. The third-order valence-electron chi connectivity index (χ3n) is 2.88. The number of nitrogens with two attached hydrogens (primary N) is 1. The Morgan fingerprint density at radius 2 is 1.56 bits per heavy atom. The van der Waals surface area contributed by atoms with E-state index < -0.39 is 0 Å². The fourth-order valence-electron chi connectivity index (χ4n) is 1.92. The van der Waals surface area contributed by atoms with Crippen LogP contribution in [0.25, 0.3) is 0 Å². The smallest absolute Gasteiger partial charge is 0.127 e. The Morgan fingerprint density at radius 1 is 0.944 bits per heavy atom. The Morgan fingerprint density at radius 3 is 2.28 bits per heavy atom. The molecule has 0 aliphatic rings. The zero-order valence-electron chi connectivity index (χ0n) is 10.4. The summed E-state index contributed by atoms with van der Waals surface area (Å²) in [6.07, 6.45) is 0. The van der Waals surface area contributed by atoms with Gasteiger partial charge in [0.15, 0.2) is 0 Å². The molecule has 0 saturated heterocycles. The number of hydrogen-bond acceptors (Lipinski definition) is 1. The van der Waals surface area contributed by atoms with E-state index >= 15 is 0 Å². The van der Waals surface area contributed by atoms with Crippen LogP contribution in [0.1, 0.15) is 11.1 Å². The molecular formula is C15H17BrNO+. The van der Waals surface area contributed by atoms with Crippen molar-refractivity contribution in [2.75, 3.05) is 7.11 Å². The molecule has 0 aromatic heterocycles. The van der Waals surface area contributed by atoms with E-state index in [1.54, 1.807) is 7.11 Å². The van der Waals surface area contributed by atoms with Crippen molar-refractivity contribution in [3.63, 3.8) is 0 Å². The van der Waals surface area contributed by atoms with Crippen molar-refractivity contribution in [3.8, 4) is 5.75 Å². The van der Waals surface area contributed by atoms with Crippen LogP contribution in [0.2, 0.25) is 0 Å². The van der Waals surface area contributed by atoms with E-state index in [0.29, 0.717) is 0 Å². The molecule has 3 heteroatoms. The average molecular weight is 307 g/mol. The summed E-state index contributed by atoms with van der Waals surface area (Å²) >= 11 is 3.57. The summed E-state index contributed by atoms with van der Waals surface area (Å²) < 4.78 is 6.51. The van der Waals surface area contributed by atoms with Crippen molar-refractivity contribution < 1.29 is 10.1 Å². The van der Waals surface area contributed by atoms with Gasteiger partial charge in [-0.2, -0.15) is 0 Å². The van der Waals surface area contributed by atoms with Crippen LogP contribution in [0.3, 0.4) is 0 Å². The molecule has 2 N–H and O–H groups in total. The van der Waals surface area contributed by atoms with E-state index in [9.17, 15) is 0 Å². The highest BCUT2D eigenvalue weighted by Crippen LogP contribution is 2.16. The largest absolute Gasteiger partial charge is 0.496 e. The van der Waals surface area contributed by atoms with Crippen LogP contribution in [0.5, 0.6) is 5.75 Å². The minimum atomic E-state index is 0.922. The Kier molecular flexibility index (Phi) is 4.79. The highest BCUT2D eigenvalue weighted by Gasteiger charge is 2.04. The number of quaternary nitrogens is 1. The van der Waals surface area contributed by atoms with Gasteiger partial charge in [0, 0.05) is 15.6 Å². The zero-order valence-corrected chi connectivity index (χ0v) is 12.0. The summed E-state index contributed by atoms with van der Waals surface area (Å²) in [6, 6.07) is 16.5. The Balaban J connectivity index is 1.95. The third kappa shape index (κ3) is 3.34. The molecule has 0 amide bonds. The second-order valence-electron chi connectivity index (χ2n) is 4.10. The van der Waals surface area contributed by atoms with Crippen molar-refractivity contribution in [1.29, 1.82) is 0 Å². The molecule has 0 radical (unpaired) electrons. The van der Waals surface area contributed by atoms with Crippen LogP contribution in [0, 0.1) is 0 Å². The molecule has 0 fully saturated rings. The first-order chi connectivity index (χ1) is 8.81. The summed E-state index contributed by atoms with van der Waals surface area (Å²) in [5.74, 6) is 0.959. The molecule has 0 heterocycles. The van der Waals surface area contributed by atoms with Gasteiger partial charge in [0.1, 0.15) is 18.8 Å². The van der Waals surface area contributed by atoms with Crippen molar-refractivity contribution in [2.24, 2.45) is 0 Å². The molecule has 18 heavy (non-hydrogen) atoms. The first-order valence-corrected chi connectivity index (χ1v) is 6.77. The third-order valence-corrected chi connectivity index (χ3v) is 3.65. The molecule has 0 spiro atoms. The van der Waals surface area contributed by atoms with Gasteiger partial charge < -0.3 is 10.1 Å². The molecule has 0 bridgehead atoms. The molecular weight excluding hydrogens is 290 g/mol. The van der Waals surface area contributed by atoms with Crippen LogP contribution >= 0.6 is 15.9 Å². The average Bonchev–Trinajstić information content (AvgIpc) is 2.41. The molecule has 0 atom stereocenters. The van der Waals surface area contributed by atoms with Gasteiger partial charge in [-0.1, -0.05) is 46.3 Å². The molecule has 0 unspecified atom stereocenters. The van der Waals surface area contributed by atoms with Gasteiger partial charge in [0.25, 0.3) is 0 Å². The van der Waals surface area contributed by atoms with E-state index in [0.717, 1.165) is 18.8 Å².